The lowest BCUT2D eigenvalue weighted by molar-refractivity contribution is 0.285. The molecule has 0 aliphatic heterocycles. The summed E-state index contributed by atoms with van der Waals surface area (Å²) in [6, 6.07) is 0.894. The molecule has 1 aromatic heterocycles. The largest absolute Gasteiger partial charge is 0.380 e. The van der Waals surface area contributed by atoms with Gasteiger partial charge in [-0.1, -0.05) is 13.8 Å². The first kappa shape index (κ1) is 14.3. The third-order valence-electron chi connectivity index (χ3n) is 4.02. The van der Waals surface area contributed by atoms with Gasteiger partial charge in [0.05, 0.1) is 18.4 Å². The van der Waals surface area contributed by atoms with Gasteiger partial charge in [-0.2, -0.15) is 5.10 Å². The van der Waals surface area contributed by atoms with Gasteiger partial charge in [-0.05, 0) is 32.4 Å². The second-order valence-electron chi connectivity index (χ2n) is 5.43. The maximum Gasteiger partial charge on any atom is 0.0728 e. The van der Waals surface area contributed by atoms with Crippen molar-refractivity contribution in [3.05, 3.63) is 12.4 Å². The Hall–Kier alpha value is -1.07. The summed E-state index contributed by atoms with van der Waals surface area (Å²) in [7, 11) is 0. The van der Waals surface area contributed by atoms with Gasteiger partial charge in [0.25, 0.3) is 0 Å². The van der Waals surface area contributed by atoms with Crippen molar-refractivity contribution < 1.29 is 0 Å². The average Bonchev–Trinajstić information content (AvgIpc) is 3.01. The van der Waals surface area contributed by atoms with Crippen LogP contribution in [0.25, 0.3) is 0 Å². The fraction of sp³-hybridized carbons (Fsp3) is 0.786. The number of nitrogens with zero attached hydrogens (tertiary/aromatic N) is 3. The van der Waals surface area contributed by atoms with Gasteiger partial charge < -0.3 is 16.0 Å². The molecule has 1 aliphatic rings. The van der Waals surface area contributed by atoms with E-state index in [0.29, 0.717) is 12.1 Å². The van der Waals surface area contributed by atoms with E-state index in [4.69, 9.17) is 5.73 Å². The van der Waals surface area contributed by atoms with Gasteiger partial charge in [0.15, 0.2) is 0 Å². The van der Waals surface area contributed by atoms with Gasteiger partial charge in [0.1, 0.15) is 0 Å². The summed E-state index contributed by atoms with van der Waals surface area (Å²) in [6.45, 7) is 8.60. The molecule has 0 bridgehead atoms. The highest BCUT2D eigenvalue weighted by atomic mass is 15.3. The number of hydrogen-bond acceptors (Lipinski definition) is 4. The Morgan fingerprint density at radius 1 is 1.42 bits per heavy atom. The molecule has 5 nitrogen and oxygen atoms in total. The fourth-order valence-corrected chi connectivity index (χ4v) is 2.73. The average molecular weight is 265 g/mol. The molecule has 3 N–H and O–H groups in total. The Morgan fingerprint density at radius 3 is 2.84 bits per heavy atom. The molecule has 2 atom stereocenters. The van der Waals surface area contributed by atoms with Gasteiger partial charge in [-0.25, -0.2) is 0 Å². The molecule has 0 saturated heterocycles. The monoisotopic (exact) mass is 265 g/mol. The Bertz CT molecular complexity index is 372. The second kappa shape index (κ2) is 6.91. The van der Waals surface area contributed by atoms with Crippen LogP contribution in [0.4, 0.5) is 5.69 Å². The number of nitrogens with one attached hydrogen (secondary N) is 1. The predicted molar refractivity (Wildman–Crippen MR) is 79.3 cm³/mol. The molecule has 1 fully saturated rings. The third kappa shape index (κ3) is 4.21. The van der Waals surface area contributed by atoms with Crippen LogP contribution in [0, 0.1) is 0 Å². The molecular formula is C14H27N5. The molecule has 0 amide bonds. The standard InChI is InChI=1S/C14H27N5/c1-3-18(4-2)7-8-19-11-14(10-16-19)17-13-6-5-12(15)9-13/h10-13,17H,3-9,15H2,1-2H3. The van der Waals surface area contributed by atoms with E-state index in [1.165, 1.54) is 6.42 Å². The van der Waals surface area contributed by atoms with Crippen LogP contribution in [0.2, 0.25) is 0 Å². The third-order valence-corrected chi connectivity index (χ3v) is 4.02. The molecule has 2 unspecified atom stereocenters. The van der Waals surface area contributed by atoms with Crippen molar-refractivity contribution in [1.29, 1.82) is 0 Å². The molecule has 5 heteroatoms. The molecule has 0 aromatic carbocycles. The summed E-state index contributed by atoms with van der Waals surface area (Å²) < 4.78 is 2.02. The van der Waals surface area contributed by atoms with Crippen LogP contribution in [-0.2, 0) is 6.54 Å². The van der Waals surface area contributed by atoms with Gasteiger partial charge in [0.2, 0.25) is 0 Å². The minimum absolute atomic E-state index is 0.371. The van der Waals surface area contributed by atoms with E-state index >= 15 is 0 Å². The molecule has 19 heavy (non-hydrogen) atoms. The zero-order chi connectivity index (χ0) is 13.7. The van der Waals surface area contributed by atoms with Crippen molar-refractivity contribution in [3.63, 3.8) is 0 Å². The Balaban J connectivity index is 1.78. The van der Waals surface area contributed by atoms with Crippen LogP contribution in [0.15, 0.2) is 12.4 Å². The molecule has 2 rings (SSSR count). The van der Waals surface area contributed by atoms with E-state index in [1.807, 2.05) is 10.9 Å². The highest BCUT2D eigenvalue weighted by molar-refractivity contribution is 5.39. The summed E-state index contributed by atoms with van der Waals surface area (Å²) in [5.74, 6) is 0. The molecule has 0 spiro atoms. The number of aromatic nitrogens is 2. The Kier molecular flexibility index (Phi) is 5.22. The van der Waals surface area contributed by atoms with Crippen molar-refractivity contribution in [2.24, 2.45) is 5.73 Å². The van der Waals surface area contributed by atoms with Gasteiger partial charge in [-0.15, -0.1) is 0 Å². The lowest BCUT2D eigenvalue weighted by Crippen LogP contribution is -2.27. The van der Waals surface area contributed by atoms with Crippen molar-refractivity contribution in [2.45, 2.75) is 51.7 Å². The first-order chi connectivity index (χ1) is 9.21. The maximum atomic E-state index is 5.93. The van der Waals surface area contributed by atoms with Gasteiger partial charge in [0, 0.05) is 24.8 Å². The number of nitrogens with two attached hydrogens (primary N) is 1. The van der Waals surface area contributed by atoms with Crippen LogP contribution >= 0.6 is 0 Å². The van der Waals surface area contributed by atoms with Crippen molar-refractivity contribution in [1.82, 2.24) is 14.7 Å². The number of rotatable bonds is 7. The highest BCUT2D eigenvalue weighted by Crippen LogP contribution is 2.21. The second-order valence-corrected chi connectivity index (χ2v) is 5.43. The van der Waals surface area contributed by atoms with Crippen molar-refractivity contribution in [3.8, 4) is 0 Å². The maximum absolute atomic E-state index is 5.93. The topological polar surface area (TPSA) is 59.1 Å². The normalized spacial score (nSPS) is 23.2. The number of anilines is 1. The molecule has 1 heterocycles. The van der Waals surface area contributed by atoms with Crippen LogP contribution in [0.1, 0.15) is 33.1 Å². The predicted octanol–water partition coefficient (Wildman–Crippen LogP) is 1.52. The van der Waals surface area contributed by atoms with Crippen molar-refractivity contribution in [2.75, 3.05) is 25.0 Å². The summed E-state index contributed by atoms with van der Waals surface area (Å²) >= 11 is 0. The van der Waals surface area contributed by atoms with E-state index < -0.39 is 0 Å². The lowest BCUT2D eigenvalue weighted by Gasteiger charge is -2.17. The van der Waals surface area contributed by atoms with Crippen LogP contribution in [-0.4, -0.2) is 46.4 Å². The summed E-state index contributed by atoms with van der Waals surface area (Å²) in [5, 5.41) is 7.94. The molecule has 1 aliphatic carbocycles. The SMILES string of the molecule is CCN(CC)CCn1cc(NC2CCC(N)C2)cn1. The summed E-state index contributed by atoms with van der Waals surface area (Å²) in [4.78, 5) is 2.41. The van der Waals surface area contributed by atoms with Gasteiger partial charge in [-0.3, -0.25) is 4.68 Å². The number of likely N-dealkylation sites (N-methyl/N-ethyl adjacent to an activating group) is 1. The summed E-state index contributed by atoms with van der Waals surface area (Å²) in [5.41, 5.74) is 7.05. The lowest BCUT2D eigenvalue weighted by atomic mass is 10.2. The highest BCUT2D eigenvalue weighted by Gasteiger charge is 2.21. The zero-order valence-electron chi connectivity index (χ0n) is 12.2. The minimum atomic E-state index is 0.371. The van der Waals surface area contributed by atoms with Gasteiger partial charge >= 0.3 is 0 Å². The smallest absolute Gasteiger partial charge is 0.0728 e. The van der Waals surface area contributed by atoms with E-state index in [9.17, 15) is 0 Å². The molecule has 1 saturated carbocycles. The first-order valence-corrected chi connectivity index (χ1v) is 7.48. The van der Waals surface area contributed by atoms with E-state index in [1.54, 1.807) is 0 Å². The Morgan fingerprint density at radius 2 is 2.21 bits per heavy atom. The van der Waals surface area contributed by atoms with E-state index in [-0.39, 0.29) is 0 Å². The molecule has 0 radical (unpaired) electrons. The minimum Gasteiger partial charge on any atom is -0.380 e. The Labute approximate surface area is 116 Å². The molecule has 108 valence electrons. The molecule has 1 aromatic rings. The first-order valence-electron chi connectivity index (χ1n) is 7.48. The summed E-state index contributed by atoms with van der Waals surface area (Å²) in [6.07, 6.45) is 7.41. The zero-order valence-corrected chi connectivity index (χ0v) is 12.2. The van der Waals surface area contributed by atoms with E-state index in [0.717, 1.165) is 44.7 Å². The quantitative estimate of drug-likeness (QED) is 0.785. The van der Waals surface area contributed by atoms with E-state index in [2.05, 4.69) is 35.4 Å². The van der Waals surface area contributed by atoms with Crippen LogP contribution in [0.5, 0.6) is 0 Å². The number of hydrogen-bond donors (Lipinski definition) is 2. The van der Waals surface area contributed by atoms with Crippen LogP contribution < -0.4 is 11.1 Å². The molecular weight excluding hydrogens is 238 g/mol. The van der Waals surface area contributed by atoms with Crippen LogP contribution in [0.3, 0.4) is 0 Å². The van der Waals surface area contributed by atoms with Crippen molar-refractivity contribution >= 4 is 5.69 Å². The fourth-order valence-electron chi connectivity index (χ4n) is 2.73.